The number of carbonyl (C=O) groups is 1. The van der Waals surface area contributed by atoms with Crippen molar-refractivity contribution in [2.24, 2.45) is 0 Å². The lowest BCUT2D eigenvalue weighted by Crippen LogP contribution is -2.23. The predicted molar refractivity (Wildman–Crippen MR) is 87.3 cm³/mol. The molecule has 0 radical (unpaired) electrons. The van der Waals surface area contributed by atoms with Crippen molar-refractivity contribution in [2.75, 3.05) is 0 Å². The highest BCUT2D eigenvalue weighted by Crippen LogP contribution is 2.30. The van der Waals surface area contributed by atoms with Crippen LogP contribution in [0.3, 0.4) is 0 Å². The smallest absolute Gasteiger partial charge is 0.336 e. The van der Waals surface area contributed by atoms with E-state index in [2.05, 4.69) is 26.2 Å². The quantitative estimate of drug-likeness (QED) is 0.687. The van der Waals surface area contributed by atoms with E-state index in [1.807, 2.05) is 0 Å². The maximum Gasteiger partial charge on any atom is 0.336 e. The third kappa shape index (κ3) is 3.24. The molecule has 1 amide bonds. The van der Waals surface area contributed by atoms with Crippen molar-refractivity contribution in [2.45, 2.75) is 6.54 Å². The monoisotopic (exact) mass is 374 g/mol. The van der Waals surface area contributed by atoms with Crippen LogP contribution in [-0.2, 0) is 6.54 Å². The molecule has 0 atom stereocenters. The first-order valence-electron chi connectivity index (χ1n) is 6.68. The van der Waals surface area contributed by atoms with Crippen LogP contribution in [0.1, 0.15) is 15.9 Å². The van der Waals surface area contributed by atoms with Crippen molar-refractivity contribution in [3.05, 3.63) is 68.7 Å². The Hall–Kier alpha value is -2.67. The molecule has 116 valence electrons. The van der Waals surface area contributed by atoms with Crippen molar-refractivity contribution in [3.8, 4) is 5.75 Å². The van der Waals surface area contributed by atoms with Crippen LogP contribution in [0.2, 0.25) is 0 Å². The van der Waals surface area contributed by atoms with E-state index in [1.165, 1.54) is 18.3 Å². The Labute approximate surface area is 138 Å². The molecule has 6 nitrogen and oxygen atoms in total. The second-order valence-electron chi connectivity index (χ2n) is 4.81. The molecule has 0 saturated heterocycles. The number of benzene rings is 1. The number of halogens is 1. The molecule has 0 aliphatic rings. The van der Waals surface area contributed by atoms with E-state index >= 15 is 0 Å². The molecule has 2 aromatic heterocycles. The van der Waals surface area contributed by atoms with E-state index in [4.69, 9.17) is 4.42 Å². The first kappa shape index (κ1) is 15.2. The first-order valence-corrected chi connectivity index (χ1v) is 7.47. The van der Waals surface area contributed by atoms with Gasteiger partial charge in [-0.05, 0) is 39.7 Å². The Kier molecular flexibility index (Phi) is 4.12. The minimum atomic E-state index is -0.551. The van der Waals surface area contributed by atoms with Crippen LogP contribution < -0.4 is 10.9 Å². The van der Waals surface area contributed by atoms with Gasteiger partial charge in [0.05, 0.1) is 10.0 Å². The van der Waals surface area contributed by atoms with Gasteiger partial charge in [0.25, 0.3) is 5.91 Å². The van der Waals surface area contributed by atoms with Gasteiger partial charge >= 0.3 is 5.63 Å². The number of amides is 1. The van der Waals surface area contributed by atoms with Crippen LogP contribution in [0.5, 0.6) is 5.75 Å². The Morgan fingerprint density at radius 1 is 1.35 bits per heavy atom. The highest BCUT2D eigenvalue weighted by molar-refractivity contribution is 9.10. The van der Waals surface area contributed by atoms with Crippen molar-refractivity contribution in [1.82, 2.24) is 10.3 Å². The number of rotatable bonds is 3. The van der Waals surface area contributed by atoms with Crippen LogP contribution >= 0.6 is 15.9 Å². The average Bonchev–Trinajstić information content (AvgIpc) is 2.55. The van der Waals surface area contributed by atoms with Crippen molar-refractivity contribution < 1.29 is 14.3 Å². The summed E-state index contributed by atoms with van der Waals surface area (Å²) in [6, 6.07) is 7.62. The first-order chi connectivity index (χ1) is 11.0. The van der Waals surface area contributed by atoms with Gasteiger partial charge in [-0.2, -0.15) is 0 Å². The molecule has 7 heteroatoms. The van der Waals surface area contributed by atoms with E-state index in [0.29, 0.717) is 21.0 Å². The number of pyridine rings is 1. The fraction of sp³-hybridized carbons (Fsp3) is 0.0625. The Balaban J connectivity index is 1.92. The lowest BCUT2D eigenvalue weighted by molar-refractivity contribution is 0.0950. The molecule has 0 spiro atoms. The molecule has 0 aliphatic heterocycles. The van der Waals surface area contributed by atoms with Crippen LogP contribution in [0.15, 0.2) is 56.4 Å². The number of aromatic nitrogens is 1. The number of carbonyl (C=O) groups excluding carboxylic acids is 1. The fourth-order valence-corrected chi connectivity index (χ4v) is 2.50. The maximum atomic E-state index is 12.1. The second-order valence-corrected chi connectivity index (χ2v) is 5.67. The summed E-state index contributed by atoms with van der Waals surface area (Å²) in [6.07, 6.45) is 3.04. The van der Waals surface area contributed by atoms with Gasteiger partial charge in [0.15, 0.2) is 0 Å². The highest BCUT2D eigenvalue weighted by Gasteiger charge is 2.11. The summed E-state index contributed by atoms with van der Waals surface area (Å²) in [4.78, 5) is 27.6. The zero-order valence-corrected chi connectivity index (χ0v) is 13.3. The van der Waals surface area contributed by atoms with Gasteiger partial charge in [0.2, 0.25) is 0 Å². The molecule has 2 heterocycles. The fourth-order valence-electron chi connectivity index (χ4n) is 2.16. The number of phenolic OH excluding ortho intramolecular Hbond substituents is 1. The van der Waals surface area contributed by atoms with Gasteiger partial charge in [0.1, 0.15) is 11.3 Å². The number of hydrogen-bond donors (Lipinski definition) is 2. The van der Waals surface area contributed by atoms with Crippen molar-refractivity contribution >= 4 is 32.8 Å². The van der Waals surface area contributed by atoms with E-state index < -0.39 is 5.63 Å². The number of nitrogens with one attached hydrogen (secondary N) is 1. The summed E-state index contributed by atoms with van der Waals surface area (Å²) >= 11 is 3.22. The highest BCUT2D eigenvalue weighted by atomic mass is 79.9. The largest absolute Gasteiger partial charge is 0.507 e. The maximum absolute atomic E-state index is 12.1. The van der Waals surface area contributed by atoms with Gasteiger partial charge < -0.3 is 14.8 Å². The molecule has 1 aromatic carbocycles. The van der Waals surface area contributed by atoms with Crippen LogP contribution in [0.25, 0.3) is 11.0 Å². The van der Waals surface area contributed by atoms with Crippen molar-refractivity contribution in [1.29, 1.82) is 0 Å². The molecular formula is C16H11BrN2O4. The van der Waals surface area contributed by atoms with Gasteiger partial charge in [0, 0.05) is 36.5 Å². The van der Waals surface area contributed by atoms with E-state index in [0.717, 1.165) is 0 Å². The zero-order chi connectivity index (χ0) is 16.4. The number of hydrogen-bond acceptors (Lipinski definition) is 5. The summed E-state index contributed by atoms with van der Waals surface area (Å²) in [5.74, 6) is -0.325. The topological polar surface area (TPSA) is 92.4 Å². The molecule has 3 rings (SSSR count). The summed E-state index contributed by atoms with van der Waals surface area (Å²) in [7, 11) is 0. The lowest BCUT2D eigenvalue weighted by Gasteiger charge is -2.08. The second kappa shape index (κ2) is 6.21. The summed E-state index contributed by atoms with van der Waals surface area (Å²) in [5.41, 5.74) is 0.724. The van der Waals surface area contributed by atoms with Gasteiger partial charge in [-0.1, -0.05) is 0 Å². The normalized spacial score (nSPS) is 10.7. The number of fused-ring (bicyclic) bond motifs is 1. The van der Waals surface area contributed by atoms with E-state index in [1.54, 1.807) is 24.4 Å². The van der Waals surface area contributed by atoms with E-state index in [9.17, 15) is 14.7 Å². The zero-order valence-electron chi connectivity index (χ0n) is 11.7. The predicted octanol–water partition coefficient (Wildman–Crippen LogP) is 2.59. The average molecular weight is 375 g/mol. The molecule has 0 fully saturated rings. The number of nitrogens with zero attached hydrogens (tertiary/aromatic N) is 1. The standard InChI is InChI=1S/C16H11BrN2O4/c17-12-5-11-10(4-15(21)23-14(11)6-13(12)20)8-19-16(22)9-2-1-3-18-7-9/h1-7,20H,8H2,(H,19,22). The Morgan fingerprint density at radius 2 is 2.17 bits per heavy atom. The molecule has 23 heavy (non-hydrogen) atoms. The lowest BCUT2D eigenvalue weighted by atomic mass is 10.1. The molecule has 2 N–H and O–H groups in total. The van der Waals surface area contributed by atoms with Crippen molar-refractivity contribution in [3.63, 3.8) is 0 Å². The Morgan fingerprint density at radius 3 is 2.91 bits per heavy atom. The minimum absolute atomic E-state index is 0.0304. The minimum Gasteiger partial charge on any atom is -0.507 e. The van der Waals surface area contributed by atoms with Gasteiger partial charge in [-0.25, -0.2) is 4.79 Å². The SMILES string of the molecule is O=C(NCc1cc(=O)oc2cc(O)c(Br)cc12)c1cccnc1. The van der Waals surface area contributed by atoms with Crippen LogP contribution in [0.4, 0.5) is 0 Å². The summed E-state index contributed by atoms with van der Waals surface area (Å²) in [6.45, 7) is 0.146. The molecular weight excluding hydrogens is 364 g/mol. The molecule has 3 aromatic rings. The molecule has 0 bridgehead atoms. The number of phenols is 1. The molecule has 0 saturated carbocycles. The van der Waals surface area contributed by atoms with E-state index in [-0.39, 0.29) is 23.8 Å². The third-order valence-electron chi connectivity index (χ3n) is 3.26. The Bertz CT molecular complexity index is 938. The third-order valence-corrected chi connectivity index (χ3v) is 3.90. The van der Waals surface area contributed by atoms with Gasteiger partial charge in [-0.3, -0.25) is 9.78 Å². The summed E-state index contributed by atoms with van der Waals surface area (Å²) in [5, 5.41) is 13.0. The van der Waals surface area contributed by atoms with Crippen LogP contribution in [-0.4, -0.2) is 16.0 Å². The number of aromatic hydroxyl groups is 1. The molecule has 0 aliphatic carbocycles. The van der Waals surface area contributed by atoms with Gasteiger partial charge in [-0.15, -0.1) is 0 Å². The molecule has 0 unspecified atom stereocenters. The summed E-state index contributed by atoms with van der Waals surface area (Å²) < 4.78 is 5.54. The van der Waals surface area contributed by atoms with Crippen LogP contribution in [0, 0.1) is 0 Å².